The van der Waals surface area contributed by atoms with Crippen LogP contribution in [0, 0.1) is 11.3 Å². The second-order valence-corrected chi connectivity index (χ2v) is 14.1. The molecule has 1 saturated carbocycles. The summed E-state index contributed by atoms with van der Waals surface area (Å²) in [5, 5.41) is 11.0. The summed E-state index contributed by atoms with van der Waals surface area (Å²) < 4.78 is 0. The summed E-state index contributed by atoms with van der Waals surface area (Å²) in [7, 11) is 0. The van der Waals surface area contributed by atoms with E-state index in [2.05, 4.69) is 27.8 Å². The molecule has 0 bridgehead atoms. The lowest BCUT2D eigenvalue weighted by Crippen LogP contribution is -2.61. The van der Waals surface area contributed by atoms with Crippen molar-refractivity contribution in [2.24, 2.45) is 11.3 Å². The number of allylic oxidation sites excluding steroid dienone is 1. The standard InChI is InChI=1S/C34H54N6O6/c1-7-17-35-30(43)26(41)20-36-31(44)28-24(22(2)3)16-19-40(28)32(45)29(34(4,5)6)38-33(46)37-25(23-13-9-8-10-14-23)21-39-18-12-11-15-27(39)42/h7,23,25,28-29H,1,8-21H2,2-6H3,(H,35,43)(H,36,44)(H2,37,38,46)/t25-,28+,29-/m1/s1. The quantitative estimate of drug-likeness (QED) is 0.189. The Bertz CT molecular complexity index is 1200. The lowest BCUT2D eigenvalue weighted by Gasteiger charge is -2.38. The van der Waals surface area contributed by atoms with E-state index in [1.807, 2.05) is 39.5 Å². The fourth-order valence-electron chi connectivity index (χ4n) is 6.66. The van der Waals surface area contributed by atoms with E-state index in [1.165, 1.54) is 11.0 Å². The molecule has 46 heavy (non-hydrogen) atoms. The third-order valence-electron chi connectivity index (χ3n) is 9.28. The third kappa shape index (κ3) is 9.90. The number of nitrogens with zero attached hydrogens (tertiary/aromatic N) is 2. The Hall–Kier alpha value is -3.70. The molecule has 3 aliphatic rings. The molecule has 12 nitrogen and oxygen atoms in total. The van der Waals surface area contributed by atoms with Gasteiger partial charge >= 0.3 is 6.03 Å². The Labute approximate surface area is 273 Å². The highest BCUT2D eigenvalue weighted by Crippen LogP contribution is 2.31. The minimum Gasteiger partial charge on any atom is -0.346 e. The maximum Gasteiger partial charge on any atom is 0.315 e. The highest BCUT2D eigenvalue weighted by Gasteiger charge is 2.44. The Morgan fingerprint density at radius 3 is 2.24 bits per heavy atom. The molecule has 0 spiro atoms. The Morgan fingerprint density at radius 1 is 0.935 bits per heavy atom. The summed E-state index contributed by atoms with van der Waals surface area (Å²) in [4.78, 5) is 81.5. The van der Waals surface area contributed by atoms with Gasteiger partial charge in [-0.1, -0.05) is 51.7 Å². The topological polar surface area (TPSA) is 157 Å². The largest absolute Gasteiger partial charge is 0.346 e. The van der Waals surface area contributed by atoms with E-state index in [0.29, 0.717) is 25.9 Å². The fourth-order valence-corrected chi connectivity index (χ4v) is 6.66. The first kappa shape index (κ1) is 36.8. The summed E-state index contributed by atoms with van der Waals surface area (Å²) in [6, 6.07) is -2.65. The van der Waals surface area contributed by atoms with E-state index >= 15 is 0 Å². The maximum atomic E-state index is 14.2. The molecule has 12 heteroatoms. The number of rotatable bonds is 12. The zero-order valence-electron chi connectivity index (χ0n) is 28.3. The van der Waals surface area contributed by atoms with Crippen LogP contribution in [0.3, 0.4) is 0 Å². The number of Topliss-reactive ketones (excluding diaryl/α,β-unsaturated/α-hetero) is 1. The first-order valence-corrected chi connectivity index (χ1v) is 16.8. The van der Waals surface area contributed by atoms with Gasteiger partial charge in [0.15, 0.2) is 0 Å². The minimum atomic E-state index is -0.976. The molecule has 0 aromatic rings. The molecule has 4 N–H and O–H groups in total. The van der Waals surface area contributed by atoms with E-state index in [-0.39, 0.29) is 31.0 Å². The predicted octanol–water partition coefficient (Wildman–Crippen LogP) is 2.59. The molecule has 3 atom stereocenters. The van der Waals surface area contributed by atoms with Crippen LogP contribution in [0.15, 0.2) is 23.8 Å². The molecule has 0 aromatic carbocycles. The molecule has 1 aliphatic carbocycles. The minimum absolute atomic E-state index is 0.115. The molecular weight excluding hydrogens is 588 g/mol. The number of piperidine rings is 1. The van der Waals surface area contributed by atoms with Gasteiger partial charge in [-0.25, -0.2) is 4.79 Å². The fraction of sp³-hybridized carbons (Fsp3) is 0.706. The highest BCUT2D eigenvalue weighted by atomic mass is 16.2. The van der Waals surface area contributed by atoms with Crippen LogP contribution in [-0.4, -0.2) is 96.1 Å². The molecule has 256 valence electrons. The van der Waals surface area contributed by atoms with E-state index in [9.17, 15) is 28.8 Å². The molecule has 0 radical (unpaired) electrons. The number of hydrogen-bond acceptors (Lipinski definition) is 6. The van der Waals surface area contributed by atoms with Crippen molar-refractivity contribution in [3.05, 3.63) is 23.8 Å². The molecule has 3 fully saturated rings. The predicted molar refractivity (Wildman–Crippen MR) is 175 cm³/mol. The normalized spacial score (nSPS) is 20.4. The Morgan fingerprint density at radius 2 is 1.63 bits per heavy atom. The van der Waals surface area contributed by atoms with Crippen LogP contribution < -0.4 is 21.3 Å². The molecular formula is C34H54N6O6. The molecule has 2 saturated heterocycles. The van der Waals surface area contributed by atoms with Gasteiger partial charge in [0.2, 0.25) is 23.5 Å². The van der Waals surface area contributed by atoms with Crippen molar-refractivity contribution < 1.29 is 28.8 Å². The van der Waals surface area contributed by atoms with E-state index in [4.69, 9.17) is 0 Å². The van der Waals surface area contributed by atoms with Gasteiger partial charge < -0.3 is 31.1 Å². The van der Waals surface area contributed by atoms with Gasteiger partial charge in [-0.3, -0.25) is 24.0 Å². The average Bonchev–Trinajstić information content (AvgIpc) is 3.47. The van der Waals surface area contributed by atoms with Crippen LogP contribution in [0.2, 0.25) is 0 Å². The number of hydrogen-bond donors (Lipinski definition) is 4. The van der Waals surface area contributed by atoms with Crippen LogP contribution >= 0.6 is 0 Å². The van der Waals surface area contributed by atoms with Gasteiger partial charge in [-0.05, 0) is 62.9 Å². The average molecular weight is 643 g/mol. The van der Waals surface area contributed by atoms with Crippen molar-refractivity contribution in [1.82, 2.24) is 31.1 Å². The van der Waals surface area contributed by atoms with Crippen LogP contribution in [0.1, 0.15) is 92.4 Å². The van der Waals surface area contributed by atoms with Crippen molar-refractivity contribution in [3.63, 3.8) is 0 Å². The summed E-state index contributed by atoms with van der Waals surface area (Å²) in [6.07, 6.45) is 9.55. The lowest BCUT2D eigenvalue weighted by molar-refractivity contribution is -0.142. The molecule has 3 rings (SSSR count). The van der Waals surface area contributed by atoms with Gasteiger partial charge in [0, 0.05) is 32.6 Å². The van der Waals surface area contributed by atoms with Crippen LogP contribution in [0.4, 0.5) is 4.79 Å². The van der Waals surface area contributed by atoms with Crippen LogP contribution in [-0.2, 0) is 24.0 Å². The molecule has 0 aromatic heterocycles. The lowest BCUT2D eigenvalue weighted by atomic mass is 9.83. The van der Waals surface area contributed by atoms with Crippen molar-refractivity contribution in [1.29, 1.82) is 0 Å². The summed E-state index contributed by atoms with van der Waals surface area (Å²) >= 11 is 0. The summed E-state index contributed by atoms with van der Waals surface area (Å²) in [5.74, 6) is -2.26. The zero-order chi connectivity index (χ0) is 34.0. The van der Waals surface area contributed by atoms with Crippen LogP contribution in [0.25, 0.3) is 0 Å². The monoisotopic (exact) mass is 642 g/mol. The molecule has 6 amide bonds. The summed E-state index contributed by atoms with van der Waals surface area (Å²) in [5.41, 5.74) is 0.937. The number of likely N-dealkylation sites (tertiary alicyclic amines) is 2. The van der Waals surface area contributed by atoms with Gasteiger partial charge in [-0.15, -0.1) is 6.58 Å². The van der Waals surface area contributed by atoms with Gasteiger partial charge in [0.1, 0.15) is 12.1 Å². The molecule has 2 aliphatic heterocycles. The first-order valence-electron chi connectivity index (χ1n) is 16.8. The number of ketones is 1. The number of carbonyl (C=O) groups is 6. The van der Waals surface area contributed by atoms with Crippen LogP contribution in [0.5, 0.6) is 0 Å². The molecule has 2 heterocycles. The second kappa shape index (κ2) is 16.7. The third-order valence-corrected chi connectivity index (χ3v) is 9.28. The number of amides is 6. The van der Waals surface area contributed by atoms with Crippen molar-refractivity contribution >= 4 is 35.4 Å². The first-order chi connectivity index (χ1) is 21.7. The van der Waals surface area contributed by atoms with Crippen molar-refractivity contribution in [2.75, 3.05) is 32.7 Å². The van der Waals surface area contributed by atoms with E-state index in [0.717, 1.165) is 56.1 Å². The van der Waals surface area contributed by atoms with Gasteiger partial charge in [0.05, 0.1) is 12.6 Å². The SMILES string of the molecule is C=CCNC(=O)C(=O)CNC(=O)[C@@H]1C(=C(C)C)CCN1C(=O)[C@@H](NC(=O)N[C@H](CN1CCCCC1=O)C1CCCCC1)C(C)(C)C. The Kier molecular flexibility index (Phi) is 13.4. The Balaban J connectivity index is 1.76. The van der Waals surface area contributed by atoms with E-state index < -0.39 is 53.6 Å². The zero-order valence-corrected chi connectivity index (χ0v) is 28.3. The summed E-state index contributed by atoms with van der Waals surface area (Å²) in [6.45, 7) is 13.8. The van der Waals surface area contributed by atoms with Crippen molar-refractivity contribution in [2.45, 2.75) is 111 Å². The number of carbonyl (C=O) groups excluding carboxylic acids is 6. The van der Waals surface area contributed by atoms with E-state index in [1.54, 1.807) is 0 Å². The van der Waals surface area contributed by atoms with Gasteiger partial charge in [-0.2, -0.15) is 0 Å². The number of nitrogens with one attached hydrogen (secondary N) is 4. The maximum absolute atomic E-state index is 14.2. The second-order valence-electron chi connectivity index (χ2n) is 14.1. The van der Waals surface area contributed by atoms with Gasteiger partial charge in [0.25, 0.3) is 5.91 Å². The van der Waals surface area contributed by atoms with Crippen molar-refractivity contribution in [3.8, 4) is 0 Å². The number of urea groups is 1. The smallest absolute Gasteiger partial charge is 0.315 e. The molecule has 0 unspecified atom stereocenters. The highest BCUT2D eigenvalue weighted by molar-refractivity contribution is 6.37.